The molecule has 4 rings (SSSR count). The minimum atomic E-state index is -1.17. The first-order valence-corrected chi connectivity index (χ1v) is 9.87. The number of hydrogen-bond donors (Lipinski definition) is 1. The molecule has 1 fully saturated rings. The number of imide groups is 1. The smallest absolute Gasteiger partial charge is 0.262 e. The number of anilines is 1. The van der Waals surface area contributed by atoms with Gasteiger partial charge in [-0.3, -0.25) is 19.3 Å². The van der Waals surface area contributed by atoms with Crippen LogP contribution in [0.3, 0.4) is 0 Å². The van der Waals surface area contributed by atoms with E-state index in [0.29, 0.717) is 34.7 Å². The number of nitrogens with one attached hydrogen (secondary N) is 1. The van der Waals surface area contributed by atoms with Crippen molar-refractivity contribution < 1.29 is 14.4 Å². The normalized spacial score (nSPS) is 18.1. The van der Waals surface area contributed by atoms with Crippen molar-refractivity contribution in [1.82, 2.24) is 4.90 Å². The van der Waals surface area contributed by atoms with Gasteiger partial charge in [-0.25, -0.2) is 0 Å². The highest BCUT2D eigenvalue weighted by molar-refractivity contribution is 6.30. The molecule has 1 aliphatic heterocycles. The summed E-state index contributed by atoms with van der Waals surface area (Å²) < 4.78 is 0. The van der Waals surface area contributed by atoms with Gasteiger partial charge in [0.1, 0.15) is 5.54 Å². The van der Waals surface area contributed by atoms with E-state index >= 15 is 0 Å². The van der Waals surface area contributed by atoms with Crippen LogP contribution in [0, 0.1) is 6.92 Å². The Labute approximate surface area is 168 Å². The van der Waals surface area contributed by atoms with Gasteiger partial charge in [0, 0.05) is 10.7 Å². The number of hydrogen-bond acceptors (Lipinski definition) is 3. The van der Waals surface area contributed by atoms with Gasteiger partial charge in [0.25, 0.3) is 17.7 Å². The summed E-state index contributed by atoms with van der Waals surface area (Å²) in [6, 6.07) is 12.0. The van der Waals surface area contributed by atoms with Crippen LogP contribution in [0.25, 0.3) is 0 Å². The van der Waals surface area contributed by atoms with Crippen molar-refractivity contribution >= 4 is 35.0 Å². The molecule has 6 heteroatoms. The Balaban J connectivity index is 1.73. The number of nitrogens with zero attached hydrogens (tertiary/aromatic N) is 1. The molecule has 28 heavy (non-hydrogen) atoms. The van der Waals surface area contributed by atoms with Gasteiger partial charge >= 0.3 is 0 Å². The van der Waals surface area contributed by atoms with Crippen LogP contribution in [0.4, 0.5) is 5.69 Å². The van der Waals surface area contributed by atoms with E-state index in [1.54, 1.807) is 36.4 Å². The fraction of sp³-hybridized carbons (Fsp3) is 0.318. The van der Waals surface area contributed by atoms with Crippen LogP contribution in [0.15, 0.2) is 42.5 Å². The standard InChI is InChI=1S/C22H21ClN2O3/c1-14-6-5-7-17-18(14)20(27)25(19(17)26)22(12-3-2-4-13-22)21(28)24-16-10-8-15(23)9-11-16/h5-11H,2-4,12-13H2,1H3,(H,24,28). The van der Waals surface area contributed by atoms with Crippen LogP contribution in [-0.4, -0.2) is 28.2 Å². The van der Waals surface area contributed by atoms with E-state index in [0.717, 1.165) is 24.8 Å². The van der Waals surface area contributed by atoms with Crippen molar-refractivity contribution in [2.45, 2.75) is 44.6 Å². The van der Waals surface area contributed by atoms with Crippen molar-refractivity contribution in [2.75, 3.05) is 5.32 Å². The van der Waals surface area contributed by atoms with Crippen molar-refractivity contribution in [3.63, 3.8) is 0 Å². The molecule has 0 bridgehead atoms. The van der Waals surface area contributed by atoms with E-state index in [2.05, 4.69) is 5.32 Å². The molecule has 5 nitrogen and oxygen atoms in total. The van der Waals surface area contributed by atoms with Crippen molar-refractivity contribution in [1.29, 1.82) is 0 Å². The second-order valence-electron chi connectivity index (χ2n) is 7.50. The Hall–Kier alpha value is -2.66. The number of rotatable bonds is 3. The number of aryl methyl sites for hydroxylation is 1. The van der Waals surface area contributed by atoms with Gasteiger partial charge in [0.2, 0.25) is 0 Å². The zero-order chi connectivity index (χ0) is 19.9. The largest absolute Gasteiger partial charge is 0.324 e. The summed E-state index contributed by atoms with van der Waals surface area (Å²) in [4.78, 5) is 41.0. The number of halogens is 1. The summed E-state index contributed by atoms with van der Waals surface area (Å²) >= 11 is 5.92. The van der Waals surface area contributed by atoms with Crippen LogP contribution in [0.2, 0.25) is 5.02 Å². The number of carbonyl (C=O) groups is 3. The zero-order valence-corrected chi connectivity index (χ0v) is 16.4. The molecule has 0 aromatic heterocycles. The Morgan fingerprint density at radius 1 is 1.00 bits per heavy atom. The summed E-state index contributed by atoms with van der Waals surface area (Å²) in [5.41, 5.74) is 0.970. The molecule has 0 atom stereocenters. The number of carbonyl (C=O) groups excluding carboxylic acids is 3. The predicted octanol–water partition coefficient (Wildman–Crippen LogP) is 4.59. The first kappa shape index (κ1) is 18.7. The molecule has 1 N–H and O–H groups in total. The molecule has 1 aliphatic carbocycles. The van der Waals surface area contributed by atoms with Gasteiger partial charge in [-0.2, -0.15) is 0 Å². The van der Waals surface area contributed by atoms with E-state index in [1.165, 1.54) is 4.90 Å². The average molecular weight is 397 g/mol. The zero-order valence-electron chi connectivity index (χ0n) is 15.6. The molecular formula is C22H21ClN2O3. The predicted molar refractivity (Wildman–Crippen MR) is 108 cm³/mol. The molecule has 1 heterocycles. The highest BCUT2D eigenvalue weighted by atomic mass is 35.5. The number of fused-ring (bicyclic) bond motifs is 1. The van der Waals surface area contributed by atoms with Crippen LogP contribution in [0.5, 0.6) is 0 Å². The Bertz CT molecular complexity index is 962. The second-order valence-corrected chi connectivity index (χ2v) is 7.93. The monoisotopic (exact) mass is 396 g/mol. The van der Waals surface area contributed by atoms with E-state index in [9.17, 15) is 14.4 Å². The summed E-state index contributed by atoms with van der Waals surface area (Å²) in [6.07, 6.45) is 3.51. The van der Waals surface area contributed by atoms with Crippen LogP contribution < -0.4 is 5.32 Å². The molecule has 2 aromatic carbocycles. The fourth-order valence-corrected chi connectivity index (χ4v) is 4.44. The van der Waals surface area contributed by atoms with Gasteiger partial charge in [0.05, 0.1) is 11.1 Å². The lowest BCUT2D eigenvalue weighted by Crippen LogP contribution is -2.60. The molecule has 3 amide bonds. The number of amides is 3. The molecule has 0 saturated heterocycles. The van der Waals surface area contributed by atoms with Crippen LogP contribution in [-0.2, 0) is 4.79 Å². The molecular weight excluding hydrogens is 376 g/mol. The first-order valence-electron chi connectivity index (χ1n) is 9.49. The summed E-state index contributed by atoms with van der Waals surface area (Å²) in [6.45, 7) is 1.81. The SMILES string of the molecule is Cc1cccc2c1C(=O)N(C1(C(=O)Nc3ccc(Cl)cc3)CCCCC1)C2=O. The van der Waals surface area contributed by atoms with Crippen LogP contribution >= 0.6 is 11.6 Å². The second kappa shape index (κ2) is 7.06. The molecule has 1 saturated carbocycles. The highest BCUT2D eigenvalue weighted by Gasteiger charge is 2.54. The maximum atomic E-state index is 13.4. The Kier molecular flexibility index (Phi) is 4.71. The molecule has 0 radical (unpaired) electrons. The molecule has 0 spiro atoms. The van der Waals surface area contributed by atoms with Gasteiger partial charge in [-0.05, 0) is 55.7 Å². The Morgan fingerprint density at radius 2 is 1.68 bits per heavy atom. The minimum Gasteiger partial charge on any atom is -0.324 e. The lowest BCUT2D eigenvalue weighted by molar-refractivity contribution is -0.127. The van der Waals surface area contributed by atoms with E-state index < -0.39 is 5.54 Å². The minimum absolute atomic E-state index is 0.318. The fourth-order valence-electron chi connectivity index (χ4n) is 4.31. The molecule has 0 unspecified atom stereocenters. The molecule has 2 aromatic rings. The molecule has 144 valence electrons. The van der Waals surface area contributed by atoms with Crippen molar-refractivity contribution in [2.24, 2.45) is 0 Å². The summed E-state index contributed by atoms with van der Waals surface area (Å²) in [5, 5.41) is 3.47. The topological polar surface area (TPSA) is 66.5 Å². The highest BCUT2D eigenvalue weighted by Crippen LogP contribution is 2.40. The third-order valence-electron chi connectivity index (χ3n) is 5.76. The summed E-state index contributed by atoms with van der Waals surface area (Å²) in [5.74, 6) is -1.07. The third kappa shape index (κ3) is 2.90. The Morgan fingerprint density at radius 3 is 2.32 bits per heavy atom. The lowest BCUT2D eigenvalue weighted by Gasteiger charge is -2.41. The van der Waals surface area contributed by atoms with Gasteiger partial charge < -0.3 is 5.32 Å². The van der Waals surface area contributed by atoms with Gasteiger partial charge in [-0.15, -0.1) is 0 Å². The lowest BCUT2D eigenvalue weighted by atomic mass is 9.79. The van der Waals surface area contributed by atoms with Crippen molar-refractivity contribution in [3.8, 4) is 0 Å². The van der Waals surface area contributed by atoms with Gasteiger partial charge in [0.15, 0.2) is 0 Å². The first-order chi connectivity index (χ1) is 13.4. The average Bonchev–Trinajstić information content (AvgIpc) is 2.96. The van der Waals surface area contributed by atoms with Gasteiger partial charge in [-0.1, -0.05) is 43.0 Å². The van der Waals surface area contributed by atoms with Crippen LogP contribution in [0.1, 0.15) is 58.4 Å². The third-order valence-corrected chi connectivity index (χ3v) is 6.01. The van der Waals surface area contributed by atoms with E-state index in [-0.39, 0.29) is 17.7 Å². The summed E-state index contributed by atoms with van der Waals surface area (Å²) in [7, 11) is 0. The quantitative estimate of drug-likeness (QED) is 0.772. The maximum absolute atomic E-state index is 13.4. The van der Waals surface area contributed by atoms with E-state index in [1.807, 2.05) is 13.0 Å². The number of benzene rings is 2. The van der Waals surface area contributed by atoms with E-state index in [4.69, 9.17) is 11.6 Å². The molecule has 2 aliphatic rings. The van der Waals surface area contributed by atoms with Crippen molar-refractivity contribution in [3.05, 3.63) is 64.2 Å². The maximum Gasteiger partial charge on any atom is 0.262 e.